The SMILES string of the molecule is CCCCC([N]=[Ti])c1ccccc1O. The standard InChI is InChI=1S/C11H15NO.Ti/c1-2-3-7-10(12)9-6-4-5-8-11(9)13;/h4-6,8,10,13H,2-3,7H2,1H3;. The molecular weight excluding hydrogens is 210 g/mol. The van der Waals surface area contributed by atoms with E-state index >= 15 is 0 Å². The van der Waals surface area contributed by atoms with Gasteiger partial charge in [-0.2, -0.15) is 0 Å². The Morgan fingerprint density at radius 1 is 1.43 bits per heavy atom. The van der Waals surface area contributed by atoms with E-state index in [9.17, 15) is 5.11 Å². The van der Waals surface area contributed by atoms with Crippen LogP contribution in [0.4, 0.5) is 0 Å². The Morgan fingerprint density at radius 3 is 2.71 bits per heavy atom. The molecule has 1 rings (SSSR count). The molecule has 0 aliphatic rings. The van der Waals surface area contributed by atoms with E-state index in [-0.39, 0.29) is 6.04 Å². The van der Waals surface area contributed by atoms with Crippen molar-refractivity contribution in [3.63, 3.8) is 0 Å². The van der Waals surface area contributed by atoms with Gasteiger partial charge >= 0.3 is 96.6 Å². The molecule has 0 saturated carbocycles. The second-order valence-corrected chi connectivity index (χ2v) is 3.75. The average Bonchev–Trinajstić information content (AvgIpc) is 2.21. The molecule has 74 valence electrons. The van der Waals surface area contributed by atoms with E-state index in [1.54, 1.807) is 6.07 Å². The van der Waals surface area contributed by atoms with E-state index in [4.69, 9.17) is 0 Å². The summed E-state index contributed by atoms with van der Waals surface area (Å²) in [4.78, 5) is 0. The zero-order valence-corrected chi connectivity index (χ0v) is 9.96. The first kappa shape index (κ1) is 11.6. The molecule has 0 spiro atoms. The molecule has 0 radical (unpaired) electrons. The Hall–Kier alpha value is -0.466. The van der Waals surface area contributed by atoms with E-state index in [2.05, 4.69) is 10.3 Å². The van der Waals surface area contributed by atoms with Crippen LogP contribution < -0.4 is 0 Å². The Bertz CT molecular complexity index is 301. The van der Waals surface area contributed by atoms with Gasteiger partial charge in [0.2, 0.25) is 0 Å². The van der Waals surface area contributed by atoms with E-state index in [1.165, 1.54) is 6.42 Å². The second-order valence-electron chi connectivity index (χ2n) is 3.35. The quantitative estimate of drug-likeness (QED) is 0.765. The molecule has 1 unspecified atom stereocenters. The first-order valence-corrected chi connectivity index (χ1v) is 5.64. The predicted molar refractivity (Wildman–Crippen MR) is 52.8 cm³/mol. The fourth-order valence-corrected chi connectivity index (χ4v) is 1.88. The van der Waals surface area contributed by atoms with Crippen molar-refractivity contribution in [2.75, 3.05) is 0 Å². The molecule has 0 fully saturated rings. The molecule has 0 aromatic heterocycles. The van der Waals surface area contributed by atoms with Crippen LogP contribution in [0.2, 0.25) is 0 Å². The summed E-state index contributed by atoms with van der Waals surface area (Å²) in [6.07, 6.45) is 3.33. The van der Waals surface area contributed by atoms with Crippen molar-refractivity contribution >= 4 is 0 Å². The second kappa shape index (κ2) is 6.10. The van der Waals surface area contributed by atoms with Crippen LogP contribution in [-0.2, 0) is 20.3 Å². The number of hydrogen-bond acceptors (Lipinski definition) is 2. The fourth-order valence-electron chi connectivity index (χ4n) is 1.46. The van der Waals surface area contributed by atoms with Crippen LogP contribution in [0, 0.1) is 0 Å². The van der Waals surface area contributed by atoms with Crippen LogP contribution in [0.5, 0.6) is 5.75 Å². The number of nitrogens with zero attached hydrogens (tertiary/aromatic N) is 1. The summed E-state index contributed by atoms with van der Waals surface area (Å²) >= 11 is 1.81. The molecule has 0 saturated heterocycles. The normalized spacial score (nSPS) is 12.3. The van der Waals surface area contributed by atoms with E-state index in [1.807, 2.05) is 38.5 Å². The topological polar surface area (TPSA) is 32.6 Å². The van der Waals surface area contributed by atoms with Crippen molar-refractivity contribution in [3.05, 3.63) is 29.8 Å². The first-order chi connectivity index (χ1) is 6.79. The maximum absolute atomic E-state index is 9.65. The van der Waals surface area contributed by atoms with Crippen molar-refractivity contribution in [2.24, 2.45) is 3.42 Å². The molecule has 14 heavy (non-hydrogen) atoms. The number of hydrogen-bond donors (Lipinski definition) is 1. The van der Waals surface area contributed by atoms with Crippen molar-refractivity contribution < 1.29 is 25.4 Å². The van der Waals surface area contributed by atoms with Gasteiger partial charge in [-0.05, 0) is 0 Å². The van der Waals surface area contributed by atoms with Crippen LogP contribution in [0.1, 0.15) is 37.8 Å². The van der Waals surface area contributed by atoms with Gasteiger partial charge in [-0.15, -0.1) is 0 Å². The van der Waals surface area contributed by atoms with Gasteiger partial charge in [-0.1, -0.05) is 0 Å². The predicted octanol–water partition coefficient (Wildman–Crippen LogP) is 3.35. The monoisotopic (exact) mass is 225 g/mol. The van der Waals surface area contributed by atoms with E-state index in [0.717, 1.165) is 18.4 Å². The first-order valence-electron chi connectivity index (χ1n) is 4.94. The van der Waals surface area contributed by atoms with Gasteiger partial charge in [0.05, 0.1) is 0 Å². The van der Waals surface area contributed by atoms with Gasteiger partial charge in [0, 0.05) is 0 Å². The summed E-state index contributed by atoms with van der Waals surface area (Å²) < 4.78 is 4.30. The number of phenolic OH excluding ortho intramolecular Hbond substituents is 1. The van der Waals surface area contributed by atoms with Crippen molar-refractivity contribution in [2.45, 2.75) is 32.2 Å². The van der Waals surface area contributed by atoms with E-state index in [0.29, 0.717) is 5.75 Å². The Balaban J connectivity index is 2.78. The van der Waals surface area contributed by atoms with Gasteiger partial charge in [-0.3, -0.25) is 0 Å². The van der Waals surface area contributed by atoms with Gasteiger partial charge in [0.15, 0.2) is 0 Å². The Kier molecular flexibility index (Phi) is 5.06. The molecule has 0 aliphatic carbocycles. The number of para-hydroxylation sites is 1. The number of aromatic hydroxyl groups is 1. The molecule has 0 amide bonds. The summed E-state index contributed by atoms with van der Waals surface area (Å²) in [5, 5.41) is 9.65. The number of benzene rings is 1. The summed E-state index contributed by atoms with van der Waals surface area (Å²) in [5.74, 6) is 0.360. The van der Waals surface area contributed by atoms with Crippen molar-refractivity contribution in [1.29, 1.82) is 0 Å². The molecule has 0 heterocycles. The van der Waals surface area contributed by atoms with Crippen LogP contribution in [0.15, 0.2) is 27.7 Å². The van der Waals surface area contributed by atoms with Gasteiger partial charge in [0.25, 0.3) is 0 Å². The van der Waals surface area contributed by atoms with Gasteiger partial charge < -0.3 is 0 Å². The minimum absolute atomic E-state index is 0.149. The van der Waals surface area contributed by atoms with Crippen molar-refractivity contribution in [1.82, 2.24) is 0 Å². The summed E-state index contributed by atoms with van der Waals surface area (Å²) in [7, 11) is 0. The molecule has 2 nitrogen and oxygen atoms in total. The number of unbranched alkanes of at least 4 members (excludes halogenated alkanes) is 1. The van der Waals surface area contributed by atoms with Gasteiger partial charge in [0.1, 0.15) is 0 Å². The molecule has 1 N–H and O–H groups in total. The van der Waals surface area contributed by atoms with Crippen molar-refractivity contribution in [3.8, 4) is 5.75 Å². The molecule has 1 atom stereocenters. The number of rotatable bonds is 5. The van der Waals surface area contributed by atoms with Crippen LogP contribution >= 0.6 is 0 Å². The molecule has 1 aromatic carbocycles. The molecule has 0 aliphatic heterocycles. The third-order valence-corrected chi connectivity index (χ3v) is 2.77. The van der Waals surface area contributed by atoms with Crippen LogP contribution in [0.25, 0.3) is 0 Å². The zero-order chi connectivity index (χ0) is 10.4. The van der Waals surface area contributed by atoms with Crippen LogP contribution in [0.3, 0.4) is 0 Å². The third kappa shape index (κ3) is 3.04. The third-order valence-electron chi connectivity index (χ3n) is 2.28. The van der Waals surface area contributed by atoms with Gasteiger partial charge in [-0.25, -0.2) is 0 Å². The Labute approximate surface area is 96.6 Å². The van der Waals surface area contributed by atoms with E-state index < -0.39 is 0 Å². The molecule has 0 bridgehead atoms. The summed E-state index contributed by atoms with van der Waals surface area (Å²) in [6, 6.07) is 7.60. The average molecular weight is 225 g/mol. The number of phenols is 1. The minimum atomic E-state index is 0.149. The Morgan fingerprint density at radius 2 is 2.14 bits per heavy atom. The zero-order valence-electron chi connectivity index (χ0n) is 8.40. The molecule has 3 heteroatoms. The summed E-state index contributed by atoms with van der Waals surface area (Å²) in [6.45, 7) is 2.16. The van der Waals surface area contributed by atoms with Crippen LogP contribution in [-0.4, -0.2) is 5.11 Å². The summed E-state index contributed by atoms with van der Waals surface area (Å²) in [5.41, 5.74) is 0.948. The maximum atomic E-state index is 9.65. The molecular formula is C11H15NOTi. The molecule has 1 aromatic rings. The fraction of sp³-hybridized carbons (Fsp3) is 0.455.